The summed E-state index contributed by atoms with van der Waals surface area (Å²) in [6.07, 6.45) is -0.234. The maximum Gasteiger partial charge on any atom is 0.257 e. The third-order valence-electron chi connectivity index (χ3n) is 2.29. The van der Waals surface area contributed by atoms with Crippen LogP contribution in [0.4, 0.5) is 0 Å². The van der Waals surface area contributed by atoms with E-state index in [-0.39, 0.29) is 18.9 Å². The normalized spacial score (nSPS) is 11.4. The second-order valence-corrected chi connectivity index (χ2v) is 3.79. The molecular formula is C13H16N2O3. The Hall–Kier alpha value is -2.06. The first kappa shape index (κ1) is 14.0. The average molecular weight is 248 g/mol. The Balaban J connectivity index is 2.35. The molecule has 1 atom stereocenters. The first-order chi connectivity index (χ1) is 8.63. The van der Waals surface area contributed by atoms with Crippen LogP contribution in [0.3, 0.4) is 0 Å². The maximum absolute atomic E-state index is 11.3. The first-order valence-corrected chi connectivity index (χ1v) is 5.68. The van der Waals surface area contributed by atoms with Crippen molar-refractivity contribution in [3.63, 3.8) is 0 Å². The van der Waals surface area contributed by atoms with Gasteiger partial charge in [0.15, 0.2) is 6.61 Å². The molecule has 0 unspecified atom stereocenters. The smallest absolute Gasteiger partial charge is 0.257 e. The van der Waals surface area contributed by atoms with Gasteiger partial charge >= 0.3 is 0 Å². The van der Waals surface area contributed by atoms with Gasteiger partial charge in [0.1, 0.15) is 5.75 Å². The van der Waals surface area contributed by atoms with E-state index in [9.17, 15) is 9.90 Å². The highest BCUT2D eigenvalue weighted by Gasteiger charge is 2.03. The summed E-state index contributed by atoms with van der Waals surface area (Å²) < 4.78 is 5.26. The van der Waals surface area contributed by atoms with Gasteiger partial charge in [0.25, 0.3) is 5.91 Å². The monoisotopic (exact) mass is 248 g/mol. The van der Waals surface area contributed by atoms with Gasteiger partial charge in [-0.05, 0) is 24.6 Å². The molecule has 0 heterocycles. The van der Waals surface area contributed by atoms with E-state index in [1.165, 1.54) is 0 Å². The lowest BCUT2D eigenvalue weighted by Gasteiger charge is -2.08. The number of nitrogens with one attached hydrogen (secondary N) is 1. The molecule has 1 rings (SSSR count). The number of ether oxygens (including phenoxy) is 1. The van der Waals surface area contributed by atoms with E-state index in [0.29, 0.717) is 12.3 Å². The molecule has 0 saturated carbocycles. The van der Waals surface area contributed by atoms with Crippen molar-refractivity contribution in [3.05, 3.63) is 29.8 Å². The van der Waals surface area contributed by atoms with Crippen LogP contribution in [0.25, 0.3) is 0 Å². The average Bonchev–Trinajstić information content (AvgIpc) is 2.37. The summed E-state index contributed by atoms with van der Waals surface area (Å²) in [5.74, 6) is 0.305. The second-order valence-electron chi connectivity index (χ2n) is 3.79. The molecule has 5 nitrogen and oxygen atoms in total. The molecule has 0 radical (unpaired) electrons. The van der Waals surface area contributed by atoms with E-state index in [1.54, 1.807) is 31.2 Å². The van der Waals surface area contributed by atoms with Crippen molar-refractivity contribution in [2.45, 2.75) is 19.4 Å². The lowest BCUT2D eigenvalue weighted by Crippen LogP contribution is -2.29. The number of aliphatic hydroxyl groups is 1. The Bertz CT molecular complexity index is 421. The van der Waals surface area contributed by atoms with Gasteiger partial charge in [-0.25, -0.2) is 0 Å². The van der Waals surface area contributed by atoms with Crippen molar-refractivity contribution in [2.24, 2.45) is 0 Å². The third-order valence-corrected chi connectivity index (χ3v) is 2.29. The van der Waals surface area contributed by atoms with Crippen LogP contribution in [0.5, 0.6) is 5.75 Å². The van der Waals surface area contributed by atoms with E-state index in [0.717, 1.165) is 5.56 Å². The Morgan fingerprint density at radius 3 is 2.72 bits per heavy atom. The Morgan fingerprint density at radius 2 is 2.17 bits per heavy atom. The van der Waals surface area contributed by atoms with Gasteiger partial charge in [-0.15, -0.1) is 0 Å². The van der Waals surface area contributed by atoms with Crippen molar-refractivity contribution in [1.29, 1.82) is 5.26 Å². The molecule has 0 bridgehead atoms. The van der Waals surface area contributed by atoms with Crippen LogP contribution in [-0.2, 0) is 4.79 Å². The number of hydrogen-bond acceptors (Lipinski definition) is 4. The largest absolute Gasteiger partial charge is 0.484 e. The number of aliphatic hydroxyl groups excluding tert-OH is 1. The van der Waals surface area contributed by atoms with E-state index in [1.807, 2.05) is 6.07 Å². The predicted octanol–water partition coefficient (Wildman–Crippen LogP) is 1.15. The fraction of sp³-hybridized carbons (Fsp3) is 0.385. The molecule has 1 aromatic rings. The molecule has 96 valence electrons. The number of rotatable bonds is 6. The van der Waals surface area contributed by atoms with Crippen LogP contribution in [0.2, 0.25) is 0 Å². The molecule has 0 aliphatic heterocycles. The van der Waals surface area contributed by atoms with Crippen LogP contribution < -0.4 is 10.1 Å². The number of carbonyl (C=O) groups excluding carboxylic acids is 1. The standard InChI is InChI=1S/C13H16N2O3/c1-10(16)11-3-5-12(6-4-11)18-9-13(17)15-8-2-7-14/h3-6,10,16H,2,8-9H2,1H3,(H,15,17)/t10-/m1/s1. The van der Waals surface area contributed by atoms with Crippen molar-refractivity contribution >= 4 is 5.91 Å². The van der Waals surface area contributed by atoms with E-state index in [4.69, 9.17) is 10.00 Å². The lowest BCUT2D eigenvalue weighted by atomic mass is 10.1. The number of amides is 1. The summed E-state index contributed by atoms with van der Waals surface area (Å²) in [5, 5.41) is 20.2. The lowest BCUT2D eigenvalue weighted by molar-refractivity contribution is -0.123. The van der Waals surface area contributed by atoms with E-state index >= 15 is 0 Å². The summed E-state index contributed by atoms with van der Waals surface area (Å²) in [4.78, 5) is 11.3. The molecule has 0 aromatic heterocycles. The molecule has 5 heteroatoms. The van der Waals surface area contributed by atoms with Crippen LogP contribution >= 0.6 is 0 Å². The molecule has 0 aliphatic rings. The fourth-order valence-electron chi connectivity index (χ4n) is 1.30. The van der Waals surface area contributed by atoms with Crippen LogP contribution in [-0.4, -0.2) is 24.2 Å². The van der Waals surface area contributed by atoms with Crippen LogP contribution in [0, 0.1) is 11.3 Å². The zero-order valence-electron chi connectivity index (χ0n) is 10.2. The minimum absolute atomic E-state index is 0.0839. The minimum atomic E-state index is -0.520. The van der Waals surface area contributed by atoms with E-state index in [2.05, 4.69) is 5.32 Å². The van der Waals surface area contributed by atoms with Gasteiger partial charge < -0.3 is 15.2 Å². The topological polar surface area (TPSA) is 82.3 Å². The molecule has 0 spiro atoms. The minimum Gasteiger partial charge on any atom is -0.484 e. The predicted molar refractivity (Wildman–Crippen MR) is 65.8 cm³/mol. The molecule has 0 aliphatic carbocycles. The number of nitrogens with zero attached hydrogens (tertiary/aromatic N) is 1. The van der Waals surface area contributed by atoms with Crippen molar-refractivity contribution in [3.8, 4) is 11.8 Å². The van der Waals surface area contributed by atoms with Crippen molar-refractivity contribution in [2.75, 3.05) is 13.2 Å². The maximum atomic E-state index is 11.3. The molecule has 0 saturated heterocycles. The molecule has 1 amide bonds. The highest BCUT2D eigenvalue weighted by atomic mass is 16.5. The Morgan fingerprint density at radius 1 is 1.50 bits per heavy atom. The molecule has 2 N–H and O–H groups in total. The number of hydrogen-bond donors (Lipinski definition) is 2. The van der Waals surface area contributed by atoms with Gasteiger partial charge in [-0.3, -0.25) is 4.79 Å². The SMILES string of the molecule is C[C@@H](O)c1ccc(OCC(=O)NCCC#N)cc1. The summed E-state index contributed by atoms with van der Waals surface area (Å²) in [7, 11) is 0. The number of benzene rings is 1. The number of nitriles is 1. The zero-order valence-corrected chi connectivity index (χ0v) is 10.2. The van der Waals surface area contributed by atoms with Gasteiger partial charge in [0.2, 0.25) is 0 Å². The summed E-state index contributed by atoms with van der Waals surface area (Å²) >= 11 is 0. The van der Waals surface area contributed by atoms with Gasteiger partial charge in [-0.2, -0.15) is 5.26 Å². The Kier molecular flexibility index (Phi) is 5.68. The zero-order chi connectivity index (χ0) is 13.4. The first-order valence-electron chi connectivity index (χ1n) is 5.68. The van der Waals surface area contributed by atoms with Crippen molar-refractivity contribution in [1.82, 2.24) is 5.32 Å². The van der Waals surface area contributed by atoms with Gasteiger partial charge in [0.05, 0.1) is 18.6 Å². The van der Waals surface area contributed by atoms with Crippen LogP contribution in [0.15, 0.2) is 24.3 Å². The van der Waals surface area contributed by atoms with Gasteiger partial charge in [-0.1, -0.05) is 12.1 Å². The van der Waals surface area contributed by atoms with Crippen LogP contribution in [0.1, 0.15) is 25.0 Å². The molecular weight excluding hydrogens is 232 g/mol. The molecule has 0 fully saturated rings. The third kappa shape index (κ3) is 4.85. The second kappa shape index (κ2) is 7.30. The highest BCUT2D eigenvalue weighted by Crippen LogP contribution is 2.16. The van der Waals surface area contributed by atoms with Crippen molar-refractivity contribution < 1.29 is 14.6 Å². The molecule has 1 aromatic carbocycles. The fourth-order valence-corrected chi connectivity index (χ4v) is 1.30. The van der Waals surface area contributed by atoms with E-state index < -0.39 is 6.10 Å². The molecule has 18 heavy (non-hydrogen) atoms. The summed E-state index contributed by atoms with van der Waals surface area (Å²) in [6.45, 7) is 1.93. The summed E-state index contributed by atoms with van der Waals surface area (Å²) in [6, 6.07) is 8.82. The quantitative estimate of drug-likeness (QED) is 0.740. The Labute approximate surface area is 106 Å². The summed E-state index contributed by atoms with van der Waals surface area (Å²) in [5.41, 5.74) is 0.792. The number of carbonyl (C=O) groups is 1. The van der Waals surface area contributed by atoms with Gasteiger partial charge in [0, 0.05) is 6.54 Å². The highest BCUT2D eigenvalue weighted by molar-refractivity contribution is 5.77.